The number of halogens is 1. The number of hydrogen-bond acceptors (Lipinski definition) is 6. The average molecular weight is 503 g/mol. The van der Waals surface area contributed by atoms with E-state index < -0.39 is 11.8 Å². The van der Waals surface area contributed by atoms with Crippen molar-refractivity contribution in [1.29, 1.82) is 0 Å². The smallest absolute Gasteiger partial charge is 0.329 e. The number of carbonyl (C=O) groups excluding carboxylic acids is 3. The minimum atomic E-state index is -0.835. The Labute approximate surface area is 193 Å². The number of amides is 3. The van der Waals surface area contributed by atoms with Crippen molar-refractivity contribution in [2.24, 2.45) is 5.10 Å². The van der Waals surface area contributed by atoms with Crippen LogP contribution in [0.2, 0.25) is 0 Å². The molecule has 0 heterocycles. The number of nitrogens with one attached hydrogen (secondary N) is 3. The molecular weight excluding hydrogens is 480 g/mol. The van der Waals surface area contributed by atoms with Crippen molar-refractivity contribution >= 4 is 45.6 Å². The summed E-state index contributed by atoms with van der Waals surface area (Å²) in [7, 11) is 1.46. The van der Waals surface area contributed by atoms with Gasteiger partial charge in [0.2, 0.25) is 0 Å². The summed E-state index contributed by atoms with van der Waals surface area (Å²) < 4.78 is 11.5. The van der Waals surface area contributed by atoms with E-state index >= 15 is 0 Å². The number of nitrogens with zero attached hydrogens (tertiary/aromatic N) is 1. The number of anilines is 1. The van der Waals surface area contributed by atoms with E-state index in [4.69, 9.17) is 9.47 Å². The number of ether oxygens (including phenoxy) is 2. The third kappa shape index (κ3) is 6.81. The van der Waals surface area contributed by atoms with Crippen LogP contribution in [0.3, 0.4) is 0 Å². The number of methoxy groups -OCH3 is 1. The lowest BCUT2D eigenvalue weighted by molar-refractivity contribution is -0.139. The Morgan fingerprint density at radius 2 is 1.88 bits per heavy atom. The van der Waals surface area contributed by atoms with E-state index in [1.54, 1.807) is 12.1 Å². The van der Waals surface area contributed by atoms with Gasteiger partial charge < -0.3 is 20.1 Å². The van der Waals surface area contributed by atoms with Gasteiger partial charge in [-0.1, -0.05) is 17.7 Å². The Bertz CT molecular complexity index is 1040. The van der Waals surface area contributed by atoms with Crippen molar-refractivity contribution < 1.29 is 23.9 Å². The molecule has 0 radical (unpaired) electrons. The second kappa shape index (κ2) is 10.8. The summed E-state index contributed by atoms with van der Waals surface area (Å²) in [4.78, 5) is 35.5. The van der Waals surface area contributed by atoms with E-state index in [2.05, 4.69) is 37.1 Å². The SMILES string of the molecule is COc1cc(/C=N\NC(=O)C(=O)NC2CC2)cc(Br)c1OCC(=O)Nc1ccc(C)cc1. The fraction of sp³-hybridized carbons (Fsp3) is 0.273. The van der Waals surface area contributed by atoms with Gasteiger partial charge in [0.15, 0.2) is 18.1 Å². The number of carbonyl (C=O) groups is 3. The number of hydrogen-bond donors (Lipinski definition) is 3. The van der Waals surface area contributed by atoms with Crippen LogP contribution in [0.5, 0.6) is 11.5 Å². The molecule has 32 heavy (non-hydrogen) atoms. The molecule has 2 aromatic rings. The minimum Gasteiger partial charge on any atom is -0.493 e. The molecule has 0 unspecified atom stereocenters. The molecule has 0 saturated heterocycles. The quantitative estimate of drug-likeness (QED) is 0.291. The molecule has 1 aliphatic carbocycles. The number of rotatable bonds is 8. The molecule has 1 fully saturated rings. The molecule has 0 atom stereocenters. The summed E-state index contributed by atoms with van der Waals surface area (Å²) in [6.45, 7) is 1.75. The van der Waals surface area contributed by atoms with Gasteiger partial charge in [0.1, 0.15) is 0 Å². The Balaban J connectivity index is 1.57. The van der Waals surface area contributed by atoms with Crippen molar-refractivity contribution in [3.8, 4) is 11.5 Å². The van der Waals surface area contributed by atoms with E-state index in [9.17, 15) is 14.4 Å². The first-order chi connectivity index (χ1) is 15.4. The zero-order chi connectivity index (χ0) is 23.1. The number of hydrazone groups is 1. The highest BCUT2D eigenvalue weighted by Crippen LogP contribution is 2.36. The Morgan fingerprint density at radius 3 is 2.53 bits per heavy atom. The van der Waals surface area contributed by atoms with Crippen LogP contribution >= 0.6 is 15.9 Å². The van der Waals surface area contributed by atoms with Crippen LogP contribution in [0.15, 0.2) is 46.0 Å². The van der Waals surface area contributed by atoms with Gasteiger partial charge in [-0.25, -0.2) is 5.43 Å². The predicted octanol–water partition coefficient (Wildman–Crippen LogP) is 2.51. The molecular formula is C22H23BrN4O5. The molecule has 9 nitrogen and oxygen atoms in total. The van der Waals surface area contributed by atoms with Gasteiger partial charge in [0.25, 0.3) is 5.91 Å². The molecule has 0 aliphatic heterocycles. The van der Waals surface area contributed by atoms with Crippen LogP contribution in [0.4, 0.5) is 5.69 Å². The maximum Gasteiger partial charge on any atom is 0.329 e. The lowest BCUT2D eigenvalue weighted by Crippen LogP contribution is -2.38. The van der Waals surface area contributed by atoms with Crippen molar-refractivity contribution in [3.05, 3.63) is 52.0 Å². The van der Waals surface area contributed by atoms with E-state index in [1.807, 2.05) is 31.2 Å². The summed E-state index contributed by atoms with van der Waals surface area (Å²) in [5, 5.41) is 9.13. The first kappa shape index (κ1) is 23.3. The third-order valence-corrected chi connectivity index (χ3v) is 5.02. The van der Waals surface area contributed by atoms with Crippen molar-refractivity contribution in [3.63, 3.8) is 0 Å². The molecule has 1 saturated carbocycles. The second-order valence-corrected chi connectivity index (χ2v) is 8.04. The summed E-state index contributed by atoms with van der Waals surface area (Å²) in [6, 6.07) is 10.8. The van der Waals surface area contributed by atoms with E-state index in [0.29, 0.717) is 27.2 Å². The van der Waals surface area contributed by atoms with Crippen molar-refractivity contribution in [2.75, 3.05) is 19.0 Å². The van der Waals surface area contributed by atoms with E-state index in [1.165, 1.54) is 13.3 Å². The minimum absolute atomic E-state index is 0.0870. The third-order valence-electron chi connectivity index (χ3n) is 4.43. The molecule has 3 N–H and O–H groups in total. The van der Waals surface area contributed by atoms with Gasteiger partial charge in [-0.05, 0) is 65.5 Å². The zero-order valence-electron chi connectivity index (χ0n) is 17.6. The predicted molar refractivity (Wildman–Crippen MR) is 123 cm³/mol. The summed E-state index contributed by atoms with van der Waals surface area (Å²) in [5.41, 5.74) is 4.53. The van der Waals surface area contributed by atoms with Crippen molar-refractivity contribution in [1.82, 2.24) is 10.7 Å². The van der Waals surface area contributed by atoms with Gasteiger partial charge in [-0.3, -0.25) is 14.4 Å². The van der Waals surface area contributed by atoms with Gasteiger partial charge in [0, 0.05) is 11.7 Å². The molecule has 2 aromatic carbocycles. The second-order valence-electron chi connectivity index (χ2n) is 7.18. The van der Waals surface area contributed by atoms with Crippen LogP contribution in [-0.2, 0) is 14.4 Å². The van der Waals surface area contributed by atoms with E-state index in [-0.39, 0.29) is 18.6 Å². The van der Waals surface area contributed by atoms with Crippen LogP contribution in [0, 0.1) is 6.92 Å². The molecule has 0 spiro atoms. The highest BCUT2D eigenvalue weighted by atomic mass is 79.9. The van der Waals surface area contributed by atoms with Crippen LogP contribution in [-0.4, -0.2) is 43.7 Å². The first-order valence-electron chi connectivity index (χ1n) is 9.86. The summed E-state index contributed by atoms with van der Waals surface area (Å²) >= 11 is 3.39. The normalized spacial score (nSPS) is 12.8. The molecule has 1 aliphatic rings. The highest BCUT2D eigenvalue weighted by Gasteiger charge is 2.26. The highest BCUT2D eigenvalue weighted by molar-refractivity contribution is 9.10. The number of benzene rings is 2. The molecule has 0 aromatic heterocycles. The summed E-state index contributed by atoms with van der Waals surface area (Å²) in [5.74, 6) is -1.16. The van der Waals surface area contributed by atoms with Gasteiger partial charge in [-0.15, -0.1) is 0 Å². The largest absolute Gasteiger partial charge is 0.493 e. The Morgan fingerprint density at radius 1 is 1.16 bits per heavy atom. The Hall–Kier alpha value is -3.40. The topological polar surface area (TPSA) is 118 Å². The van der Waals surface area contributed by atoms with Crippen LogP contribution < -0.4 is 25.5 Å². The maximum atomic E-state index is 12.2. The van der Waals surface area contributed by atoms with Gasteiger partial charge in [-0.2, -0.15) is 5.10 Å². The Kier molecular flexibility index (Phi) is 7.82. The molecule has 168 valence electrons. The standard InChI is InChI=1S/C22H23BrN4O5/c1-13-3-5-15(6-4-13)25-19(28)12-32-20-17(23)9-14(10-18(20)31-2)11-24-27-22(30)21(29)26-16-7-8-16/h3-6,9-11,16H,7-8,12H2,1-2H3,(H,25,28)(H,26,29)(H,27,30)/b24-11-. The van der Waals surface area contributed by atoms with Gasteiger partial charge in [0.05, 0.1) is 17.8 Å². The number of aryl methyl sites for hydroxylation is 1. The lowest BCUT2D eigenvalue weighted by Gasteiger charge is -2.13. The van der Waals surface area contributed by atoms with Crippen LogP contribution in [0.25, 0.3) is 0 Å². The molecule has 10 heteroatoms. The average Bonchev–Trinajstić information content (AvgIpc) is 3.58. The summed E-state index contributed by atoms with van der Waals surface area (Å²) in [6.07, 6.45) is 3.14. The molecule has 3 amide bonds. The molecule has 3 rings (SSSR count). The van der Waals surface area contributed by atoms with Crippen molar-refractivity contribution in [2.45, 2.75) is 25.8 Å². The zero-order valence-corrected chi connectivity index (χ0v) is 19.2. The van der Waals surface area contributed by atoms with Gasteiger partial charge >= 0.3 is 11.8 Å². The fourth-order valence-corrected chi connectivity index (χ4v) is 3.20. The lowest BCUT2D eigenvalue weighted by atomic mass is 10.2. The maximum absolute atomic E-state index is 12.2. The van der Waals surface area contributed by atoms with Crippen LogP contribution in [0.1, 0.15) is 24.0 Å². The molecule has 0 bridgehead atoms. The first-order valence-corrected chi connectivity index (χ1v) is 10.7. The monoisotopic (exact) mass is 502 g/mol. The van der Waals surface area contributed by atoms with E-state index in [0.717, 1.165) is 18.4 Å². The fourth-order valence-electron chi connectivity index (χ4n) is 2.62.